The zero-order valence-electron chi connectivity index (χ0n) is 52.9. The smallest absolute Gasteiger partial charge is 0.252 e. The molecule has 1 aromatic heterocycles. The first-order valence-corrected chi connectivity index (χ1v) is 37.4. The van der Waals surface area contributed by atoms with E-state index in [0.29, 0.717) is 0 Å². The van der Waals surface area contributed by atoms with Gasteiger partial charge in [0.05, 0.1) is 22.4 Å². The summed E-state index contributed by atoms with van der Waals surface area (Å²) in [7, 11) is -6.18. The van der Waals surface area contributed by atoms with Crippen LogP contribution < -0.4 is 67.7 Å². The van der Waals surface area contributed by atoms with E-state index in [1.165, 1.54) is 79.9 Å². The van der Waals surface area contributed by atoms with E-state index in [1.54, 1.807) is 0 Å². The molecular formula is C90H64BN3Si2. The van der Waals surface area contributed by atoms with Gasteiger partial charge in [0.1, 0.15) is 0 Å². The minimum absolute atomic E-state index is 0.211. The molecule has 16 aromatic rings. The first kappa shape index (κ1) is 56.9. The molecule has 2 aliphatic heterocycles. The molecule has 0 amide bonds. The first-order valence-electron chi connectivity index (χ1n) is 33.4. The molecule has 0 unspecified atom stereocenters. The number of fused-ring (bicyclic) bond motifs is 7. The molecule has 3 nitrogen and oxygen atoms in total. The Labute approximate surface area is 563 Å². The Kier molecular flexibility index (Phi) is 14.0. The van der Waals surface area contributed by atoms with Crippen LogP contribution in [0, 0.1) is 0 Å². The van der Waals surface area contributed by atoms with Crippen molar-refractivity contribution in [3.8, 4) is 27.9 Å². The molecule has 18 rings (SSSR count). The van der Waals surface area contributed by atoms with Crippen molar-refractivity contribution in [2.75, 3.05) is 9.80 Å². The van der Waals surface area contributed by atoms with Crippen molar-refractivity contribution in [2.24, 2.45) is 0 Å². The normalized spacial score (nSPS) is 12.5. The third kappa shape index (κ3) is 8.94. The van der Waals surface area contributed by atoms with Crippen LogP contribution in [0.2, 0.25) is 0 Å². The third-order valence-electron chi connectivity index (χ3n) is 20.4. The van der Waals surface area contributed by atoms with Gasteiger partial charge in [-0.1, -0.05) is 340 Å². The molecule has 0 atom stereocenters. The summed E-state index contributed by atoms with van der Waals surface area (Å²) in [6, 6.07) is 147. The molecule has 0 fully saturated rings. The Balaban J connectivity index is 1.01. The van der Waals surface area contributed by atoms with Crippen molar-refractivity contribution in [3.63, 3.8) is 0 Å². The summed E-state index contributed by atoms with van der Waals surface area (Å²) in [5.74, 6) is 0. The Hall–Kier alpha value is -11.8. The van der Waals surface area contributed by atoms with E-state index in [9.17, 15) is 0 Å². The Morgan fingerprint density at radius 3 is 1.11 bits per heavy atom. The van der Waals surface area contributed by atoms with Crippen LogP contribution in [0.3, 0.4) is 0 Å². The summed E-state index contributed by atoms with van der Waals surface area (Å²) in [5.41, 5.74) is 18.6. The maximum Gasteiger partial charge on any atom is 0.252 e. The predicted octanol–water partition coefficient (Wildman–Crippen LogP) is 15.0. The third-order valence-corrected chi connectivity index (χ3v) is 30.0. The fourth-order valence-electron chi connectivity index (χ4n) is 16.5. The monoisotopic (exact) mass is 1250 g/mol. The zero-order valence-corrected chi connectivity index (χ0v) is 54.9. The van der Waals surface area contributed by atoms with E-state index in [1.807, 2.05) is 0 Å². The predicted molar refractivity (Wildman–Crippen MR) is 413 cm³/mol. The molecule has 0 radical (unpaired) electrons. The Bertz CT molecular complexity index is 5270. The number of nitrogens with zero attached hydrogens (tertiary/aromatic N) is 3. The Morgan fingerprint density at radius 2 is 0.615 bits per heavy atom. The average Bonchev–Trinajstić information content (AvgIpc) is 0.745. The molecule has 0 spiro atoms. The standard InChI is InChI=1S/C90H64BN3Si2/c1-9-33-65(34-10-1)77-51-25-28-56-83(77)94-86-64-76(96(72-44-19-6-20-45-72,73-46-21-7-22-47-73)74-48-23-8-24-49-74)59-60-81(86)91-82-55-32-54-78(66-35-11-2-12-36-66)90(82)93(87-62-68(63-88(94)89(87)91)92-84-57-29-26-52-79(84)80-53-27-30-58-85(80)92)67-37-31-50-75(61-67)95(69-38-13-3-14-39-69,70-40-15-4-16-41-70)71-42-17-5-18-43-71/h1-64H. The van der Waals surface area contributed by atoms with Gasteiger partial charge in [0.25, 0.3) is 6.71 Å². The maximum absolute atomic E-state index is 3.11. The highest BCUT2D eigenvalue weighted by Crippen LogP contribution is 2.50. The first-order chi connectivity index (χ1) is 47.7. The lowest BCUT2D eigenvalue weighted by molar-refractivity contribution is 1.16. The van der Waals surface area contributed by atoms with Crippen LogP contribution in [0.1, 0.15) is 0 Å². The van der Waals surface area contributed by atoms with E-state index in [4.69, 9.17) is 0 Å². The number of rotatable bonds is 13. The molecule has 0 N–H and O–H groups in total. The second-order valence-electron chi connectivity index (χ2n) is 25.4. The van der Waals surface area contributed by atoms with Crippen molar-refractivity contribution < 1.29 is 0 Å². The summed E-state index contributed by atoms with van der Waals surface area (Å²) in [6.45, 7) is -0.211. The molecule has 96 heavy (non-hydrogen) atoms. The van der Waals surface area contributed by atoms with Crippen molar-refractivity contribution in [1.29, 1.82) is 0 Å². The zero-order chi connectivity index (χ0) is 63.6. The highest BCUT2D eigenvalue weighted by Gasteiger charge is 2.49. The fourth-order valence-corrected chi connectivity index (χ4v) is 26.1. The van der Waals surface area contributed by atoms with E-state index in [2.05, 4.69) is 403 Å². The molecule has 15 aromatic carbocycles. The van der Waals surface area contributed by atoms with Crippen molar-refractivity contribution in [1.82, 2.24) is 4.57 Å². The van der Waals surface area contributed by atoms with Crippen molar-refractivity contribution >= 4 is 137 Å². The van der Waals surface area contributed by atoms with Crippen LogP contribution in [0.25, 0.3) is 49.7 Å². The molecule has 450 valence electrons. The second kappa shape index (κ2) is 23.6. The van der Waals surface area contributed by atoms with Gasteiger partial charge in [0.2, 0.25) is 0 Å². The lowest BCUT2D eigenvalue weighted by atomic mass is 9.33. The Morgan fingerprint density at radius 1 is 0.229 bits per heavy atom. The average molecular weight is 1250 g/mol. The van der Waals surface area contributed by atoms with Crippen LogP contribution in [0.4, 0.5) is 34.1 Å². The van der Waals surface area contributed by atoms with E-state index in [-0.39, 0.29) is 6.71 Å². The topological polar surface area (TPSA) is 11.4 Å². The summed E-state index contributed by atoms with van der Waals surface area (Å²) >= 11 is 0. The number of hydrogen-bond donors (Lipinski definition) is 0. The molecule has 2 aliphatic rings. The van der Waals surface area contributed by atoms with Gasteiger partial charge in [-0.3, -0.25) is 0 Å². The number of benzene rings is 15. The summed E-state index contributed by atoms with van der Waals surface area (Å²) in [5, 5.41) is 13.0. The quantitative estimate of drug-likeness (QED) is 0.0842. The highest BCUT2D eigenvalue weighted by molar-refractivity contribution is 7.20. The van der Waals surface area contributed by atoms with Gasteiger partial charge < -0.3 is 14.4 Å². The van der Waals surface area contributed by atoms with Gasteiger partial charge in [-0.15, -0.1) is 0 Å². The van der Waals surface area contributed by atoms with Gasteiger partial charge >= 0.3 is 0 Å². The summed E-state index contributed by atoms with van der Waals surface area (Å²) in [4.78, 5) is 5.35. The van der Waals surface area contributed by atoms with Crippen LogP contribution in [0.15, 0.2) is 388 Å². The number of aromatic nitrogens is 1. The van der Waals surface area contributed by atoms with Crippen LogP contribution >= 0.6 is 0 Å². The fraction of sp³-hybridized carbons (Fsp3) is 0. The van der Waals surface area contributed by atoms with Gasteiger partial charge in [0.15, 0.2) is 16.1 Å². The highest BCUT2D eigenvalue weighted by atomic mass is 28.3. The minimum Gasteiger partial charge on any atom is -0.311 e. The summed E-state index contributed by atoms with van der Waals surface area (Å²) in [6.07, 6.45) is 0. The van der Waals surface area contributed by atoms with Crippen LogP contribution in [-0.2, 0) is 0 Å². The van der Waals surface area contributed by atoms with E-state index in [0.717, 1.165) is 61.8 Å². The summed E-state index contributed by atoms with van der Waals surface area (Å²) < 4.78 is 2.53. The van der Waals surface area contributed by atoms with Gasteiger partial charge in [-0.25, -0.2) is 0 Å². The number of para-hydroxylation sites is 4. The molecule has 0 aliphatic carbocycles. The second-order valence-corrected chi connectivity index (χ2v) is 33.0. The van der Waals surface area contributed by atoms with Crippen LogP contribution in [0.5, 0.6) is 0 Å². The number of anilines is 6. The number of hydrogen-bond acceptors (Lipinski definition) is 2. The molecule has 0 bridgehead atoms. The lowest BCUT2D eigenvalue weighted by Crippen LogP contribution is -2.75. The largest absolute Gasteiger partial charge is 0.311 e. The van der Waals surface area contributed by atoms with Crippen molar-refractivity contribution in [2.45, 2.75) is 0 Å². The molecule has 0 saturated carbocycles. The van der Waals surface area contributed by atoms with Gasteiger partial charge in [-0.05, 0) is 118 Å². The van der Waals surface area contributed by atoms with E-state index < -0.39 is 16.1 Å². The molecule has 0 saturated heterocycles. The lowest BCUT2D eigenvalue weighted by Gasteiger charge is -2.46. The molecule has 3 heterocycles. The van der Waals surface area contributed by atoms with Crippen molar-refractivity contribution in [3.05, 3.63) is 388 Å². The van der Waals surface area contributed by atoms with E-state index >= 15 is 0 Å². The molecule has 6 heteroatoms. The SMILES string of the molecule is c1ccc(-c2ccccc2N2c3cc([Si](c4ccccc4)(c4ccccc4)c4ccccc4)ccc3B3c4cccc(-c5ccccc5)c4N(c4cccc([Si](c5ccccc5)(c5ccccc5)c5ccccc5)c4)c4cc(-n5c6ccccc6c6ccccc65)cc2c43)cc1. The van der Waals surface area contributed by atoms with Gasteiger partial charge in [-0.2, -0.15) is 0 Å². The maximum atomic E-state index is 2.67. The van der Waals surface area contributed by atoms with Gasteiger partial charge in [0, 0.05) is 50.3 Å². The van der Waals surface area contributed by atoms with Crippen LogP contribution in [-0.4, -0.2) is 27.4 Å². The molecular weight excluding hydrogens is 1190 g/mol. The minimum atomic E-state index is -3.11.